The molecular formula is C19H29NO2. The van der Waals surface area contributed by atoms with Gasteiger partial charge < -0.3 is 10.0 Å². The first-order valence-electron chi connectivity index (χ1n) is 8.21. The molecule has 22 heavy (non-hydrogen) atoms. The maximum atomic E-state index is 12.5. The Morgan fingerprint density at radius 3 is 2.59 bits per heavy atom. The second-order valence-corrected chi connectivity index (χ2v) is 7.83. The molecule has 1 heterocycles. The van der Waals surface area contributed by atoms with Gasteiger partial charge in [-0.25, -0.2) is 0 Å². The van der Waals surface area contributed by atoms with Crippen LogP contribution in [0.15, 0.2) is 18.2 Å². The summed E-state index contributed by atoms with van der Waals surface area (Å²) in [6.45, 7) is 13.1. The number of rotatable bonds is 3. The molecule has 1 atom stereocenters. The standard InChI is InChI=1S/C19H29NO2/c1-7-13(2)14-8-9-16-15(10-14)11-20(12-18(16,3)4)17(21)19(5,6)22/h8-10,13,22H,7,11-12H2,1-6H3. The van der Waals surface area contributed by atoms with Gasteiger partial charge in [-0.3, -0.25) is 4.79 Å². The first-order chi connectivity index (χ1) is 10.1. The molecule has 122 valence electrons. The van der Waals surface area contributed by atoms with Gasteiger partial charge in [0.25, 0.3) is 5.91 Å². The second kappa shape index (κ2) is 5.69. The highest BCUT2D eigenvalue weighted by atomic mass is 16.3. The number of amides is 1. The highest BCUT2D eigenvalue weighted by Gasteiger charge is 2.38. The minimum Gasteiger partial charge on any atom is -0.381 e. The van der Waals surface area contributed by atoms with Crippen molar-refractivity contribution in [2.45, 2.75) is 71.4 Å². The summed E-state index contributed by atoms with van der Waals surface area (Å²) in [6, 6.07) is 6.69. The van der Waals surface area contributed by atoms with E-state index in [1.54, 1.807) is 18.7 Å². The van der Waals surface area contributed by atoms with E-state index in [-0.39, 0.29) is 11.3 Å². The van der Waals surface area contributed by atoms with Gasteiger partial charge in [-0.2, -0.15) is 0 Å². The van der Waals surface area contributed by atoms with Crippen LogP contribution in [0, 0.1) is 0 Å². The zero-order chi connectivity index (χ0) is 16.7. The van der Waals surface area contributed by atoms with Crippen molar-refractivity contribution in [2.24, 2.45) is 0 Å². The maximum absolute atomic E-state index is 12.5. The maximum Gasteiger partial charge on any atom is 0.254 e. The first kappa shape index (κ1) is 17.0. The summed E-state index contributed by atoms with van der Waals surface area (Å²) in [7, 11) is 0. The minimum atomic E-state index is -1.32. The van der Waals surface area contributed by atoms with E-state index >= 15 is 0 Å². The fraction of sp³-hybridized carbons (Fsp3) is 0.632. The Morgan fingerprint density at radius 1 is 1.41 bits per heavy atom. The fourth-order valence-electron chi connectivity index (χ4n) is 3.30. The quantitative estimate of drug-likeness (QED) is 0.927. The average molecular weight is 303 g/mol. The third kappa shape index (κ3) is 3.19. The van der Waals surface area contributed by atoms with Gasteiger partial charge in [0.1, 0.15) is 5.60 Å². The van der Waals surface area contributed by atoms with Gasteiger partial charge in [0.05, 0.1) is 0 Å². The second-order valence-electron chi connectivity index (χ2n) is 7.83. The molecular weight excluding hydrogens is 274 g/mol. The topological polar surface area (TPSA) is 40.5 Å². The Balaban J connectivity index is 2.40. The van der Waals surface area contributed by atoms with Crippen molar-refractivity contribution in [1.82, 2.24) is 4.90 Å². The molecule has 0 saturated carbocycles. The van der Waals surface area contributed by atoms with Crippen LogP contribution in [0.5, 0.6) is 0 Å². The largest absolute Gasteiger partial charge is 0.381 e. The van der Waals surface area contributed by atoms with E-state index < -0.39 is 5.60 Å². The highest BCUT2D eigenvalue weighted by molar-refractivity contribution is 5.84. The van der Waals surface area contributed by atoms with Crippen LogP contribution < -0.4 is 0 Å². The number of aliphatic hydroxyl groups is 1. The minimum absolute atomic E-state index is 0.0948. The zero-order valence-corrected chi connectivity index (χ0v) is 14.7. The molecule has 1 aliphatic rings. The number of benzene rings is 1. The summed E-state index contributed by atoms with van der Waals surface area (Å²) in [5, 5.41) is 10.0. The normalized spacial score (nSPS) is 18.8. The van der Waals surface area contributed by atoms with Crippen LogP contribution >= 0.6 is 0 Å². The fourth-order valence-corrected chi connectivity index (χ4v) is 3.30. The van der Waals surface area contributed by atoms with E-state index in [1.807, 2.05) is 0 Å². The molecule has 3 heteroatoms. The van der Waals surface area contributed by atoms with Crippen molar-refractivity contribution in [3.05, 3.63) is 34.9 Å². The Bertz CT molecular complexity index is 569. The van der Waals surface area contributed by atoms with Crippen molar-refractivity contribution in [3.8, 4) is 0 Å². The predicted octanol–water partition coefficient (Wildman–Crippen LogP) is 3.59. The number of hydrogen-bond donors (Lipinski definition) is 1. The van der Waals surface area contributed by atoms with E-state index in [0.717, 1.165) is 6.42 Å². The van der Waals surface area contributed by atoms with Crippen LogP contribution in [0.25, 0.3) is 0 Å². The molecule has 0 fully saturated rings. The van der Waals surface area contributed by atoms with E-state index in [2.05, 4.69) is 45.9 Å². The molecule has 0 bridgehead atoms. The van der Waals surface area contributed by atoms with Crippen LogP contribution in [0.3, 0.4) is 0 Å². The highest BCUT2D eigenvalue weighted by Crippen LogP contribution is 2.36. The van der Waals surface area contributed by atoms with Crippen molar-refractivity contribution in [1.29, 1.82) is 0 Å². The molecule has 0 spiro atoms. The lowest BCUT2D eigenvalue weighted by molar-refractivity contribution is -0.149. The molecule has 0 saturated heterocycles. The molecule has 1 N–H and O–H groups in total. The Morgan fingerprint density at radius 2 is 2.05 bits per heavy atom. The van der Waals surface area contributed by atoms with E-state index in [4.69, 9.17) is 0 Å². The van der Waals surface area contributed by atoms with Crippen LogP contribution in [0.4, 0.5) is 0 Å². The number of carbonyl (C=O) groups is 1. The van der Waals surface area contributed by atoms with E-state index in [1.165, 1.54) is 16.7 Å². The molecule has 0 radical (unpaired) electrons. The van der Waals surface area contributed by atoms with Gasteiger partial charge in [0, 0.05) is 18.5 Å². The molecule has 0 aliphatic carbocycles. The SMILES string of the molecule is CCC(C)c1ccc2c(c1)CN(C(=O)C(C)(C)O)CC2(C)C. The van der Waals surface area contributed by atoms with Gasteiger partial charge in [-0.1, -0.05) is 45.9 Å². The monoisotopic (exact) mass is 303 g/mol. The van der Waals surface area contributed by atoms with E-state index in [0.29, 0.717) is 19.0 Å². The Labute approximate surface area is 134 Å². The van der Waals surface area contributed by atoms with Crippen molar-refractivity contribution < 1.29 is 9.90 Å². The van der Waals surface area contributed by atoms with Crippen LogP contribution in [-0.4, -0.2) is 28.1 Å². The zero-order valence-electron chi connectivity index (χ0n) is 14.7. The van der Waals surface area contributed by atoms with Crippen molar-refractivity contribution >= 4 is 5.91 Å². The average Bonchev–Trinajstić information content (AvgIpc) is 2.43. The first-order valence-corrected chi connectivity index (χ1v) is 8.21. The summed E-state index contributed by atoms with van der Waals surface area (Å²) in [5.41, 5.74) is 2.45. The molecule has 1 amide bonds. The van der Waals surface area contributed by atoms with Gasteiger partial charge in [0.2, 0.25) is 0 Å². The molecule has 1 aromatic rings. The third-order valence-electron chi connectivity index (χ3n) is 4.80. The lowest BCUT2D eigenvalue weighted by atomic mass is 9.77. The predicted molar refractivity (Wildman–Crippen MR) is 89.9 cm³/mol. The van der Waals surface area contributed by atoms with Gasteiger partial charge in [0.15, 0.2) is 0 Å². The molecule has 0 aromatic heterocycles. The molecule has 1 aromatic carbocycles. The summed E-state index contributed by atoms with van der Waals surface area (Å²) >= 11 is 0. The summed E-state index contributed by atoms with van der Waals surface area (Å²) in [5.74, 6) is 0.328. The van der Waals surface area contributed by atoms with E-state index in [9.17, 15) is 9.90 Å². The lowest BCUT2D eigenvalue weighted by Gasteiger charge is -2.42. The van der Waals surface area contributed by atoms with Gasteiger partial charge >= 0.3 is 0 Å². The Kier molecular flexibility index (Phi) is 4.40. The molecule has 1 unspecified atom stereocenters. The van der Waals surface area contributed by atoms with Crippen LogP contribution in [0.1, 0.15) is 70.6 Å². The summed E-state index contributed by atoms with van der Waals surface area (Å²) < 4.78 is 0. The lowest BCUT2D eigenvalue weighted by Crippen LogP contribution is -2.51. The van der Waals surface area contributed by atoms with Gasteiger partial charge in [-0.05, 0) is 42.9 Å². The smallest absolute Gasteiger partial charge is 0.254 e. The van der Waals surface area contributed by atoms with Crippen molar-refractivity contribution in [2.75, 3.05) is 6.54 Å². The van der Waals surface area contributed by atoms with Crippen LogP contribution in [0.2, 0.25) is 0 Å². The number of carbonyl (C=O) groups excluding carboxylic acids is 1. The van der Waals surface area contributed by atoms with Crippen LogP contribution in [-0.2, 0) is 16.8 Å². The molecule has 3 nitrogen and oxygen atoms in total. The molecule has 2 rings (SSSR count). The van der Waals surface area contributed by atoms with Crippen molar-refractivity contribution in [3.63, 3.8) is 0 Å². The number of nitrogens with zero attached hydrogens (tertiary/aromatic N) is 1. The number of fused-ring (bicyclic) bond motifs is 1. The Hall–Kier alpha value is -1.35. The summed E-state index contributed by atoms with van der Waals surface area (Å²) in [6.07, 6.45) is 1.11. The third-order valence-corrected chi connectivity index (χ3v) is 4.80. The molecule has 1 aliphatic heterocycles. The van der Waals surface area contributed by atoms with Gasteiger partial charge in [-0.15, -0.1) is 0 Å². The number of hydrogen-bond acceptors (Lipinski definition) is 2. The summed E-state index contributed by atoms with van der Waals surface area (Å²) in [4.78, 5) is 14.3.